The Morgan fingerprint density at radius 1 is 1.10 bits per heavy atom. The molecule has 0 saturated carbocycles. The Labute approximate surface area is 66.0 Å². The lowest BCUT2D eigenvalue weighted by Crippen LogP contribution is -2.02. The van der Waals surface area contributed by atoms with Crippen molar-refractivity contribution < 1.29 is 0 Å². The maximum absolute atomic E-state index is 2.32. The second kappa shape index (κ2) is 5.76. The van der Waals surface area contributed by atoms with Gasteiger partial charge >= 0.3 is 0 Å². The van der Waals surface area contributed by atoms with Crippen molar-refractivity contribution in [3.8, 4) is 0 Å². The maximum Gasteiger partial charge on any atom is -0.0415 e. The Balaban J connectivity index is 3.39. The van der Waals surface area contributed by atoms with E-state index in [1.807, 2.05) is 0 Å². The average Bonchev–Trinajstić information content (AvgIpc) is 1.86. The normalized spacial score (nSPS) is 14.1. The van der Waals surface area contributed by atoms with Crippen LogP contribution >= 0.6 is 0 Å². The highest BCUT2D eigenvalue weighted by Crippen LogP contribution is 2.19. The van der Waals surface area contributed by atoms with Gasteiger partial charge in [0.2, 0.25) is 0 Å². The molecule has 0 heteroatoms. The molecule has 0 N–H and O–H groups in total. The molecule has 0 rings (SSSR count). The molecule has 0 aliphatic carbocycles. The minimum absolute atomic E-state index is 0.886. The molecule has 0 saturated heterocycles. The van der Waals surface area contributed by atoms with Gasteiger partial charge in [0.25, 0.3) is 0 Å². The largest absolute Gasteiger partial charge is 0.0654 e. The summed E-state index contributed by atoms with van der Waals surface area (Å²) < 4.78 is 0. The first-order valence-corrected chi connectivity index (χ1v) is 4.70. The van der Waals surface area contributed by atoms with Crippen LogP contribution in [0.5, 0.6) is 0 Å². The molecule has 0 aromatic heterocycles. The number of hydrogen-bond donors (Lipinski definition) is 0. The van der Waals surface area contributed by atoms with Gasteiger partial charge in [-0.2, -0.15) is 0 Å². The quantitative estimate of drug-likeness (QED) is 0.547. The fourth-order valence-corrected chi connectivity index (χ4v) is 1.56. The lowest BCUT2D eigenvalue weighted by atomic mass is 9.91. The van der Waals surface area contributed by atoms with Crippen molar-refractivity contribution in [2.45, 2.75) is 53.4 Å². The van der Waals surface area contributed by atoms with E-state index in [-0.39, 0.29) is 0 Å². The third kappa shape index (κ3) is 4.84. The summed E-state index contributed by atoms with van der Waals surface area (Å²) in [6.07, 6.45) is 5.57. The molecule has 1 atom stereocenters. The van der Waals surface area contributed by atoms with Crippen LogP contribution in [0.25, 0.3) is 0 Å². The number of hydrogen-bond acceptors (Lipinski definition) is 0. The zero-order valence-electron chi connectivity index (χ0n) is 7.98. The van der Waals surface area contributed by atoms with Crippen LogP contribution in [0.3, 0.4) is 0 Å². The first kappa shape index (κ1) is 10.0. The van der Waals surface area contributed by atoms with E-state index in [0.717, 1.165) is 11.8 Å². The molecule has 62 valence electrons. The molecule has 0 aliphatic heterocycles. The molecular weight excluding hydrogens is 120 g/mol. The highest BCUT2D eigenvalue weighted by molar-refractivity contribution is 4.58. The third-order valence-electron chi connectivity index (χ3n) is 2.08. The zero-order chi connectivity index (χ0) is 7.98. The summed E-state index contributed by atoms with van der Waals surface area (Å²) in [5.74, 6) is 1.88. The molecule has 0 aromatic carbocycles. The summed E-state index contributed by atoms with van der Waals surface area (Å²) in [5, 5.41) is 0. The van der Waals surface area contributed by atoms with Gasteiger partial charge in [0.05, 0.1) is 0 Å². The minimum Gasteiger partial charge on any atom is -0.0654 e. The Morgan fingerprint density at radius 3 is 2.00 bits per heavy atom. The maximum atomic E-state index is 2.32. The molecule has 0 amide bonds. The molecule has 0 heterocycles. The molecule has 0 bridgehead atoms. The van der Waals surface area contributed by atoms with E-state index in [0.29, 0.717) is 0 Å². The first-order chi connectivity index (χ1) is 4.70. The van der Waals surface area contributed by atoms with Crippen LogP contribution in [-0.2, 0) is 0 Å². The zero-order valence-corrected chi connectivity index (χ0v) is 7.98. The molecular formula is C10H22. The molecule has 0 aliphatic rings. The average molecular weight is 142 g/mol. The third-order valence-corrected chi connectivity index (χ3v) is 2.08. The molecule has 0 nitrogen and oxygen atoms in total. The molecule has 0 unspecified atom stereocenters. The van der Waals surface area contributed by atoms with Crippen LogP contribution in [0.15, 0.2) is 0 Å². The van der Waals surface area contributed by atoms with Gasteiger partial charge in [-0.1, -0.05) is 47.0 Å². The molecule has 0 aromatic rings. The van der Waals surface area contributed by atoms with Crippen LogP contribution in [0.2, 0.25) is 0 Å². The van der Waals surface area contributed by atoms with Crippen molar-refractivity contribution in [3.63, 3.8) is 0 Å². The van der Waals surface area contributed by atoms with Crippen molar-refractivity contribution in [1.29, 1.82) is 0 Å². The topological polar surface area (TPSA) is 0 Å². The van der Waals surface area contributed by atoms with E-state index < -0.39 is 0 Å². The van der Waals surface area contributed by atoms with Gasteiger partial charge in [0, 0.05) is 0 Å². The highest BCUT2D eigenvalue weighted by Gasteiger charge is 2.06. The fraction of sp³-hybridized carbons (Fsp3) is 1.00. The van der Waals surface area contributed by atoms with Gasteiger partial charge in [0.1, 0.15) is 0 Å². The molecule has 10 heavy (non-hydrogen) atoms. The second-order valence-electron chi connectivity index (χ2n) is 3.69. The summed E-state index contributed by atoms with van der Waals surface area (Å²) in [5.41, 5.74) is 0. The van der Waals surface area contributed by atoms with Crippen LogP contribution < -0.4 is 0 Å². The van der Waals surface area contributed by atoms with E-state index in [4.69, 9.17) is 0 Å². The second-order valence-corrected chi connectivity index (χ2v) is 3.69. The fourth-order valence-electron chi connectivity index (χ4n) is 1.56. The monoisotopic (exact) mass is 142 g/mol. The van der Waals surface area contributed by atoms with Crippen molar-refractivity contribution in [2.75, 3.05) is 0 Å². The van der Waals surface area contributed by atoms with E-state index in [2.05, 4.69) is 27.7 Å². The summed E-state index contributed by atoms with van der Waals surface area (Å²) in [7, 11) is 0. The summed E-state index contributed by atoms with van der Waals surface area (Å²) in [6, 6.07) is 0. The van der Waals surface area contributed by atoms with E-state index in [1.54, 1.807) is 0 Å². The smallest absolute Gasteiger partial charge is 0.0415 e. The van der Waals surface area contributed by atoms with Gasteiger partial charge in [-0.05, 0) is 18.3 Å². The standard InChI is InChI=1S/C10H22/c1-5-7-10(6-2)8-9(3)4/h9-10H,5-8H2,1-4H3/t10-/m1/s1. The molecule has 0 spiro atoms. The molecule has 0 fully saturated rings. The Bertz CT molecular complexity index is 64.4. The van der Waals surface area contributed by atoms with E-state index in [9.17, 15) is 0 Å². The summed E-state index contributed by atoms with van der Waals surface area (Å²) >= 11 is 0. The lowest BCUT2D eigenvalue weighted by Gasteiger charge is -2.15. The van der Waals surface area contributed by atoms with Crippen molar-refractivity contribution in [2.24, 2.45) is 11.8 Å². The summed E-state index contributed by atoms with van der Waals surface area (Å²) in [6.45, 7) is 9.22. The van der Waals surface area contributed by atoms with Crippen molar-refractivity contribution in [1.82, 2.24) is 0 Å². The van der Waals surface area contributed by atoms with Gasteiger partial charge < -0.3 is 0 Å². The van der Waals surface area contributed by atoms with Crippen LogP contribution in [0, 0.1) is 11.8 Å². The predicted octanol–water partition coefficient (Wildman–Crippen LogP) is 3.86. The van der Waals surface area contributed by atoms with Crippen LogP contribution in [0.1, 0.15) is 53.4 Å². The van der Waals surface area contributed by atoms with Gasteiger partial charge in [-0.3, -0.25) is 0 Å². The molecule has 0 radical (unpaired) electrons. The van der Waals surface area contributed by atoms with Crippen LogP contribution in [0.4, 0.5) is 0 Å². The highest BCUT2D eigenvalue weighted by atomic mass is 14.1. The van der Waals surface area contributed by atoms with Gasteiger partial charge in [0.15, 0.2) is 0 Å². The van der Waals surface area contributed by atoms with E-state index >= 15 is 0 Å². The minimum atomic E-state index is 0.886. The Kier molecular flexibility index (Phi) is 5.76. The van der Waals surface area contributed by atoms with Crippen LogP contribution in [-0.4, -0.2) is 0 Å². The SMILES string of the molecule is CCC[C@@H](CC)CC(C)C. The number of rotatable bonds is 5. The lowest BCUT2D eigenvalue weighted by molar-refractivity contribution is 0.373. The van der Waals surface area contributed by atoms with Gasteiger partial charge in [-0.25, -0.2) is 0 Å². The van der Waals surface area contributed by atoms with Crippen molar-refractivity contribution in [3.05, 3.63) is 0 Å². The van der Waals surface area contributed by atoms with E-state index in [1.165, 1.54) is 25.7 Å². The Hall–Kier alpha value is 0. The summed E-state index contributed by atoms with van der Waals surface area (Å²) in [4.78, 5) is 0. The first-order valence-electron chi connectivity index (χ1n) is 4.70. The van der Waals surface area contributed by atoms with Crippen molar-refractivity contribution >= 4 is 0 Å². The van der Waals surface area contributed by atoms with Gasteiger partial charge in [-0.15, -0.1) is 0 Å². The Morgan fingerprint density at radius 2 is 1.70 bits per heavy atom. The predicted molar refractivity (Wildman–Crippen MR) is 48.1 cm³/mol.